The van der Waals surface area contributed by atoms with E-state index in [9.17, 15) is 4.79 Å². The number of likely N-dealkylation sites (tertiary alicyclic amines) is 1. The van der Waals surface area contributed by atoms with Gasteiger partial charge < -0.3 is 14.2 Å². The zero-order chi connectivity index (χ0) is 22.6. The smallest absolute Gasteiger partial charge is 0.223 e. The van der Waals surface area contributed by atoms with E-state index in [1.54, 1.807) is 0 Å². The van der Waals surface area contributed by atoms with Crippen LogP contribution in [0.15, 0.2) is 78.9 Å². The molecular formula is C27H26ClN3O2. The average Bonchev–Trinajstić information content (AvgIpc) is 3.40. The third-order valence-corrected chi connectivity index (χ3v) is 6.50. The molecule has 0 aliphatic carbocycles. The molecule has 1 saturated heterocycles. The third-order valence-electron chi connectivity index (χ3n) is 6.19. The summed E-state index contributed by atoms with van der Waals surface area (Å²) in [4.78, 5) is 19.7. The van der Waals surface area contributed by atoms with E-state index in [1.165, 1.54) is 5.56 Å². The molecule has 1 atom stereocenters. The van der Waals surface area contributed by atoms with Gasteiger partial charge in [-0.1, -0.05) is 66.2 Å². The molecule has 0 bridgehead atoms. The monoisotopic (exact) mass is 459 g/mol. The molecule has 0 N–H and O–H groups in total. The topological polar surface area (TPSA) is 47.4 Å². The average molecular weight is 460 g/mol. The van der Waals surface area contributed by atoms with Crippen molar-refractivity contribution in [3.8, 4) is 5.75 Å². The van der Waals surface area contributed by atoms with Gasteiger partial charge in [-0.2, -0.15) is 0 Å². The summed E-state index contributed by atoms with van der Waals surface area (Å²) >= 11 is 6.23. The lowest BCUT2D eigenvalue weighted by atomic mass is 10.1. The van der Waals surface area contributed by atoms with Gasteiger partial charge >= 0.3 is 0 Å². The van der Waals surface area contributed by atoms with Crippen LogP contribution in [-0.2, 0) is 17.8 Å². The van der Waals surface area contributed by atoms with Crippen LogP contribution in [0.1, 0.15) is 23.7 Å². The Morgan fingerprint density at radius 1 is 0.939 bits per heavy atom. The Morgan fingerprint density at radius 3 is 2.55 bits per heavy atom. The number of hydrogen-bond acceptors (Lipinski definition) is 3. The summed E-state index contributed by atoms with van der Waals surface area (Å²) in [6, 6.07) is 25.9. The molecule has 2 heterocycles. The summed E-state index contributed by atoms with van der Waals surface area (Å²) in [5.74, 6) is 1.89. The highest BCUT2D eigenvalue weighted by molar-refractivity contribution is 6.32. The largest absolute Gasteiger partial charge is 0.490 e. The van der Waals surface area contributed by atoms with Crippen LogP contribution in [0.2, 0.25) is 5.02 Å². The van der Waals surface area contributed by atoms with E-state index in [0.717, 1.165) is 29.8 Å². The number of ether oxygens (including phenoxy) is 1. The van der Waals surface area contributed by atoms with Gasteiger partial charge in [0.25, 0.3) is 0 Å². The number of nitrogens with zero attached hydrogens (tertiary/aromatic N) is 3. The number of rotatable bonds is 8. The van der Waals surface area contributed by atoms with Crippen LogP contribution in [0.25, 0.3) is 11.0 Å². The van der Waals surface area contributed by atoms with Crippen molar-refractivity contribution in [3.63, 3.8) is 0 Å². The van der Waals surface area contributed by atoms with Gasteiger partial charge in [0.2, 0.25) is 5.91 Å². The van der Waals surface area contributed by atoms with Gasteiger partial charge in [-0.3, -0.25) is 4.79 Å². The first-order valence-electron chi connectivity index (χ1n) is 11.3. The highest BCUT2D eigenvalue weighted by atomic mass is 35.5. The molecule has 5 rings (SSSR count). The summed E-state index contributed by atoms with van der Waals surface area (Å²) in [5.41, 5.74) is 3.25. The fourth-order valence-electron chi connectivity index (χ4n) is 4.52. The summed E-state index contributed by atoms with van der Waals surface area (Å²) in [5, 5.41) is 0.601. The molecule has 1 unspecified atom stereocenters. The predicted octanol–water partition coefficient (Wildman–Crippen LogP) is 5.33. The number of carbonyl (C=O) groups excluding carboxylic acids is 1. The molecular weight excluding hydrogens is 434 g/mol. The molecule has 0 saturated carbocycles. The number of carbonyl (C=O) groups is 1. The number of hydrogen-bond donors (Lipinski definition) is 0. The Bertz CT molecular complexity index is 1250. The van der Waals surface area contributed by atoms with Crippen molar-refractivity contribution >= 4 is 28.5 Å². The van der Waals surface area contributed by atoms with E-state index in [2.05, 4.69) is 22.8 Å². The normalized spacial score (nSPS) is 16.0. The van der Waals surface area contributed by atoms with Gasteiger partial charge in [-0.15, -0.1) is 0 Å². The summed E-state index contributed by atoms with van der Waals surface area (Å²) in [6.45, 7) is 2.53. The lowest BCUT2D eigenvalue weighted by Gasteiger charge is -2.17. The number of para-hydroxylation sites is 3. The van der Waals surface area contributed by atoms with Gasteiger partial charge in [0.1, 0.15) is 18.2 Å². The van der Waals surface area contributed by atoms with Crippen LogP contribution < -0.4 is 4.74 Å². The van der Waals surface area contributed by atoms with Gasteiger partial charge in [-0.05, 0) is 36.2 Å². The first-order chi connectivity index (χ1) is 16.2. The molecule has 0 radical (unpaired) electrons. The molecule has 1 aliphatic heterocycles. The molecule has 0 spiro atoms. The lowest BCUT2D eigenvalue weighted by Crippen LogP contribution is -2.27. The fraction of sp³-hybridized carbons (Fsp3) is 0.259. The van der Waals surface area contributed by atoms with Crippen molar-refractivity contribution in [2.45, 2.75) is 25.3 Å². The number of benzene rings is 3. The molecule has 1 aromatic heterocycles. The minimum atomic E-state index is 0.0704. The molecule has 33 heavy (non-hydrogen) atoms. The van der Waals surface area contributed by atoms with Gasteiger partial charge in [0.05, 0.1) is 22.6 Å². The summed E-state index contributed by atoms with van der Waals surface area (Å²) in [7, 11) is 0. The number of aromatic nitrogens is 2. The second kappa shape index (κ2) is 9.67. The van der Waals surface area contributed by atoms with E-state index in [0.29, 0.717) is 36.9 Å². The number of halogens is 1. The van der Waals surface area contributed by atoms with Gasteiger partial charge in [0.15, 0.2) is 0 Å². The highest BCUT2D eigenvalue weighted by Crippen LogP contribution is 2.31. The number of fused-ring (bicyclic) bond motifs is 1. The molecule has 6 heteroatoms. The van der Waals surface area contributed by atoms with Crippen molar-refractivity contribution < 1.29 is 9.53 Å². The molecule has 4 aromatic rings. The minimum Gasteiger partial charge on any atom is -0.490 e. The summed E-state index contributed by atoms with van der Waals surface area (Å²) in [6.07, 6.45) is 1.35. The van der Waals surface area contributed by atoms with E-state index >= 15 is 0 Å². The fourth-order valence-corrected chi connectivity index (χ4v) is 4.71. The molecule has 1 amide bonds. The predicted molar refractivity (Wildman–Crippen MR) is 131 cm³/mol. The van der Waals surface area contributed by atoms with Crippen LogP contribution >= 0.6 is 11.6 Å². The Kier molecular flexibility index (Phi) is 6.31. The van der Waals surface area contributed by atoms with Crippen molar-refractivity contribution in [2.24, 2.45) is 0 Å². The first kappa shape index (κ1) is 21.5. The molecule has 168 valence electrons. The third kappa shape index (κ3) is 4.74. The molecule has 3 aromatic carbocycles. The molecule has 5 nitrogen and oxygen atoms in total. The van der Waals surface area contributed by atoms with Crippen LogP contribution in [-0.4, -0.2) is 40.1 Å². The second-order valence-corrected chi connectivity index (χ2v) is 8.77. The van der Waals surface area contributed by atoms with E-state index in [4.69, 9.17) is 21.3 Å². The zero-order valence-corrected chi connectivity index (χ0v) is 19.1. The molecule has 1 aliphatic rings. The van der Waals surface area contributed by atoms with Crippen LogP contribution in [0.5, 0.6) is 5.75 Å². The van der Waals surface area contributed by atoms with E-state index in [-0.39, 0.29) is 11.8 Å². The maximum atomic E-state index is 12.8. The Hall–Kier alpha value is -3.31. The standard InChI is InChI=1S/C27H26ClN3O2/c28-22-10-4-7-13-25(22)33-17-16-31-24-12-6-5-11-23(24)29-27(31)21-18-26(32)30(19-21)15-14-20-8-2-1-3-9-20/h1-13,21H,14-19H2. The zero-order valence-electron chi connectivity index (χ0n) is 18.4. The minimum absolute atomic E-state index is 0.0704. The Labute approximate surface area is 198 Å². The lowest BCUT2D eigenvalue weighted by molar-refractivity contribution is -0.127. The van der Waals surface area contributed by atoms with Crippen LogP contribution in [0.3, 0.4) is 0 Å². The van der Waals surface area contributed by atoms with Gasteiger partial charge in [0, 0.05) is 25.4 Å². The van der Waals surface area contributed by atoms with E-state index < -0.39 is 0 Å². The maximum Gasteiger partial charge on any atom is 0.223 e. The van der Waals surface area contributed by atoms with Gasteiger partial charge in [-0.25, -0.2) is 4.98 Å². The van der Waals surface area contributed by atoms with Crippen molar-refractivity contribution in [1.82, 2.24) is 14.5 Å². The Morgan fingerprint density at radius 2 is 1.70 bits per heavy atom. The van der Waals surface area contributed by atoms with Crippen LogP contribution in [0, 0.1) is 0 Å². The Balaban J connectivity index is 1.32. The maximum absolute atomic E-state index is 12.8. The van der Waals surface area contributed by atoms with Crippen molar-refractivity contribution in [2.75, 3.05) is 19.7 Å². The second-order valence-electron chi connectivity index (χ2n) is 8.37. The molecule has 1 fully saturated rings. The van der Waals surface area contributed by atoms with E-state index in [1.807, 2.05) is 65.6 Å². The number of amides is 1. The first-order valence-corrected chi connectivity index (χ1v) is 11.7. The van der Waals surface area contributed by atoms with Crippen molar-refractivity contribution in [1.29, 1.82) is 0 Å². The quantitative estimate of drug-likeness (QED) is 0.358. The SMILES string of the molecule is O=C1CC(c2nc3ccccc3n2CCOc2ccccc2Cl)CN1CCc1ccccc1. The van der Waals surface area contributed by atoms with Crippen molar-refractivity contribution in [3.05, 3.63) is 95.3 Å². The highest BCUT2D eigenvalue weighted by Gasteiger charge is 2.33. The van der Waals surface area contributed by atoms with Crippen LogP contribution in [0.4, 0.5) is 0 Å². The number of imidazole rings is 1. The summed E-state index contributed by atoms with van der Waals surface area (Å²) < 4.78 is 8.15.